The van der Waals surface area contributed by atoms with Crippen molar-refractivity contribution in [1.82, 2.24) is 20.6 Å². The van der Waals surface area contributed by atoms with Gasteiger partial charge in [-0.1, -0.05) is 15.9 Å². The van der Waals surface area contributed by atoms with Gasteiger partial charge in [0.2, 0.25) is 0 Å². The highest BCUT2D eigenvalue weighted by atomic mass is 79.9. The van der Waals surface area contributed by atoms with Crippen molar-refractivity contribution >= 4 is 44.5 Å². The van der Waals surface area contributed by atoms with Gasteiger partial charge in [0.05, 0.1) is 0 Å². The molecule has 1 atom stereocenters. The Labute approximate surface area is 214 Å². The monoisotopic (exact) mass is 559 g/mol. The summed E-state index contributed by atoms with van der Waals surface area (Å²) in [5.41, 5.74) is 3.70. The highest BCUT2D eigenvalue weighted by molar-refractivity contribution is 9.10. The van der Waals surface area contributed by atoms with Crippen LogP contribution < -0.4 is 10.7 Å². The molecular weight excluding hydrogens is 536 g/mol. The molecule has 3 aromatic rings. The van der Waals surface area contributed by atoms with Crippen molar-refractivity contribution in [3.63, 3.8) is 0 Å². The number of hydrazone groups is 1. The summed E-state index contributed by atoms with van der Waals surface area (Å²) >= 11 is 3.39. The van der Waals surface area contributed by atoms with E-state index >= 15 is 0 Å². The van der Waals surface area contributed by atoms with E-state index in [1.165, 1.54) is 24.3 Å². The number of carbonyl (C=O) groups is 2. The molecule has 2 aromatic carbocycles. The van der Waals surface area contributed by atoms with Gasteiger partial charge in [-0.2, -0.15) is 5.10 Å². The third-order valence-electron chi connectivity index (χ3n) is 6.57. The van der Waals surface area contributed by atoms with Crippen LogP contribution in [0, 0.1) is 11.6 Å². The summed E-state index contributed by atoms with van der Waals surface area (Å²) in [5, 5.41) is 7.88. The van der Waals surface area contributed by atoms with Gasteiger partial charge in [0.1, 0.15) is 23.0 Å². The molecule has 5 rings (SSSR count). The summed E-state index contributed by atoms with van der Waals surface area (Å²) in [6.45, 7) is 3.72. The first kappa shape index (κ1) is 24.4. The quantitative estimate of drug-likeness (QED) is 0.434. The lowest BCUT2D eigenvalue weighted by Gasteiger charge is -2.43. The van der Waals surface area contributed by atoms with E-state index in [2.05, 4.69) is 41.7 Å². The molecule has 11 heteroatoms. The number of amides is 2. The molecule has 0 unspecified atom stereocenters. The molecule has 1 spiro atoms. The number of aromatic nitrogens is 1. The largest absolute Gasteiger partial charge is 0.435 e. The molecular formula is C25H24BrF2N5O3. The van der Waals surface area contributed by atoms with Gasteiger partial charge in [-0.3, -0.25) is 4.79 Å². The van der Waals surface area contributed by atoms with Crippen LogP contribution in [-0.4, -0.2) is 58.9 Å². The number of benzene rings is 2. The Morgan fingerprint density at radius 3 is 2.67 bits per heavy atom. The summed E-state index contributed by atoms with van der Waals surface area (Å²) in [7, 11) is 0. The highest BCUT2D eigenvalue weighted by Gasteiger charge is 2.46. The number of piperidine rings is 1. The van der Waals surface area contributed by atoms with Crippen LogP contribution in [0.25, 0.3) is 10.9 Å². The normalized spacial score (nSPS) is 18.4. The fraction of sp³-hybridized carbons (Fsp3) is 0.320. The van der Waals surface area contributed by atoms with Crippen LogP contribution in [0.15, 0.2) is 52.0 Å². The van der Waals surface area contributed by atoms with Crippen LogP contribution in [-0.2, 0) is 4.74 Å². The van der Waals surface area contributed by atoms with Gasteiger partial charge in [0.25, 0.3) is 5.91 Å². The Morgan fingerprint density at radius 1 is 1.19 bits per heavy atom. The SMILES string of the molecule is C[C@@H](CN1CCC2(CC1)OC(=O)NN=C2c1ccc(F)cc1Br)NC(=O)c1cc2cc(F)ccc2[nH]1. The summed E-state index contributed by atoms with van der Waals surface area (Å²) in [5.74, 6) is -1.01. The number of nitrogens with zero attached hydrogens (tertiary/aromatic N) is 2. The van der Waals surface area contributed by atoms with Crippen LogP contribution in [0.2, 0.25) is 0 Å². The van der Waals surface area contributed by atoms with Crippen LogP contribution in [0.3, 0.4) is 0 Å². The Hall–Kier alpha value is -3.31. The van der Waals surface area contributed by atoms with E-state index in [1.54, 1.807) is 18.2 Å². The standard InChI is InChI=1S/C25H24BrF2N5O3/c1-14(29-23(34)21-11-15-10-16(27)3-5-20(15)30-21)13-33-8-6-25(7-9-33)22(31-32-24(35)36-25)18-4-2-17(28)12-19(18)26/h2-5,10-12,14,30H,6-9,13H2,1H3,(H,29,34)(H,32,35)/t14-/m0/s1. The van der Waals surface area contributed by atoms with Gasteiger partial charge in [-0.05, 0) is 49.4 Å². The van der Waals surface area contributed by atoms with Gasteiger partial charge in [0.15, 0.2) is 5.60 Å². The van der Waals surface area contributed by atoms with Crippen molar-refractivity contribution in [1.29, 1.82) is 0 Å². The molecule has 188 valence electrons. The maximum atomic E-state index is 13.6. The van der Waals surface area contributed by atoms with E-state index < -0.39 is 11.7 Å². The number of hydrogen-bond acceptors (Lipinski definition) is 5. The Balaban J connectivity index is 1.23. The van der Waals surface area contributed by atoms with E-state index in [0.29, 0.717) is 64.8 Å². The highest BCUT2D eigenvalue weighted by Crippen LogP contribution is 2.35. The molecule has 2 amide bonds. The van der Waals surface area contributed by atoms with Crippen molar-refractivity contribution in [2.75, 3.05) is 19.6 Å². The predicted molar refractivity (Wildman–Crippen MR) is 134 cm³/mol. The lowest BCUT2D eigenvalue weighted by molar-refractivity contribution is 0.00485. The molecule has 1 aromatic heterocycles. The number of aromatic amines is 1. The molecule has 0 radical (unpaired) electrons. The first-order valence-corrected chi connectivity index (χ1v) is 12.4. The van der Waals surface area contributed by atoms with Crippen LogP contribution >= 0.6 is 15.9 Å². The van der Waals surface area contributed by atoms with Crippen molar-refractivity contribution in [2.24, 2.45) is 5.10 Å². The van der Waals surface area contributed by atoms with Gasteiger partial charge < -0.3 is 19.9 Å². The number of likely N-dealkylation sites (tertiary alicyclic amines) is 1. The number of ether oxygens (including phenoxy) is 1. The molecule has 1 saturated heterocycles. The lowest BCUT2D eigenvalue weighted by atomic mass is 9.82. The van der Waals surface area contributed by atoms with Gasteiger partial charge in [0, 0.05) is 59.5 Å². The third-order valence-corrected chi connectivity index (χ3v) is 7.22. The average Bonchev–Trinajstić information content (AvgIpc) is 3.25. The number of fused-ring (bicyclic) bond motifs is 1. The number of carbonyl (C=O) groups excluding carboxylic acids is 2. The molecule has 0 bridgehead atoms. The molecule has 2 aliphatic heterocycles. The van der Waals surface area contributed by atoms with Crippen molar-refractivity contribution in [2.45, 2.75) is 31.4 Å². The van der Waals surface area contributed by atoms with E-state index in [4.69, 9.17) is 4.74 Å². The van der Waals surface area contributed by atoms with E-state index in [1.807, 2.05) is 6.92 Å². The second kappa shape index (κ2) is 9.62. The van der Waals surface area contributed by atoms with Crippen LogP contribution in [0.4, 0.5) is 13.6 Å². The molecule has 36 heavy (non-hydrogen) atoms. The minimum atomic E-state index is -0.925. The molecule has 2 aliphatic rings. The molecule has 8 nitrogen and oxygen atoms in total. The number of nitrogens with one attached hydrogen (secondary N) is 3. The lowest BCUT2D eigenvalue weighted by Crippen LogP contribution is -2.57. The van der Waals surface area contributed by atoms with Gasteiger partial charge in [-0.15, -0.1) is 0 Å². The molecule has 0 saturated carbocycles. The molecule has 3 N–H and O–H groups in total. The third kappa shape index (κ3) is 4.85. The van der Waals surface area contributed by atoms with Gasteiger partial charge >= 0.3 is 6.09 Å². The van der Waals surface area contributed by atoms with E-state index in [-0.39, 0.29) is 23.6 Å². The zero-order valence-corrected chi connectivity index (χ0v) is 21.0. The summed E-state index contributed by atoms with van der Waals surface area (Å²) in [6, 6.07) is 10.1. The fourth-order valence-electron chi connectivity index (χ4n) is 4.84. The Morgan fingerprint density at radius 2 is 1.92 bits per heavy atom. The summed E-state index contributed by atoms with van der Waals surface area (Å²) in [6.07, 6.45) is 0.374. The van der Waals surface area contributed by atoms with Crippen LogP contribution in [0.5, 0.6) is 0 Å². The van der Waals surface area contributed by atoms with Crippen molar-refractivity contribution in [3.8, 4) is 0 Å². The zero-order valence-electron chi connectivity index (χ0n) is 19.4. The fourth-order valence-corrected chi connectivity index (χ4v) is 5.37. The smallest absolute Gasteiger partial charge is 0.428 e. The second-order valence-electron chi connectivity index (χ2n) is 9.17. The number of halogens is 3. The number of H-pyrrole nitrogens is 1. The van der Waals surface area contributed by atoms with E-state index in [9.17, 15) is 18.4 Å². The van der Waals surface area contributed by atoms with Crippen LogP contribution in [0.1, 0.15) is 35.8 Å². The predicted octanol–water partition coefficient (Wildman–Crippen LogP) is 4.31. The Kier molecular flexibility index (Phi) is 6.52. The van der Waals surface area contributed by atoms with Gasteiger partial charge in [-0.25, -0.2) is 19.0 Å². The number of rotatable bonds is 5. The zero-order chi connectivity index (χ0) is 25.4. The topological polar surface area (TPSA) is 98.8 Å². The minimum Gasteiger partial charge on any atom is -0.435 e. The maximum absolute atomic E-state index is 13.6. The minimum absolute atomic E-state index is 0.162. The molecule has 1 fully saturated rings. The Bertz CT molecular complexity index is 1370. The van der Waals surface area contributed by atoms with E-state index in [0.717, 1.165) is 0 Å². The summed E-state index contributed by atoms with van der Waals surface area (Å²) in [4.78, 5) is 30.0. The maximum Gasteiger partial charge on any atom is 0.428 e. The first-order valence-electron chi connectivity index (χ1n) is 11.6. The second-order valence-corrected chi connectivity index (χ2v) is 10.0. The average molecular weight is 560 g/mol. The van der Waals surface area contributed by atoms with Crippen molar-refractivity contribution in [3.05, 3.63) is 69.8 Å². The number of hydrogen-bond donors (Lipinski definition) is 3. The summed E-state index contributed by atoms with van der Waals surface area (Å²) < 4.78 is 33.4. The molecule has 0 aliphatic carbocycles. The van der Waals surface area contributed by atoms with Crippen molar-refractivity contribution < 1.29 is 23.1 Å². The first-order chi connectivity index (χ1) is 17.2. The molecule has 3 heterocycles.